The first-order chi connectivity index (χ1) is 34.6. The van der Waals surface area contributed by atoms with E-state index in [4.69, 9.17) is 18.5 Å². The van der Waals surface area contributed by atoms with Gasteiger partial charge in [-0.15, -0.1) is 0 Å². The van der Waals surface area contributed by atoms with Crippen LogP contribution in [0.2, 0.25) is 0 Å². The average molecular weight is 1000 g/mol. The molecule has 71 heavy (non-hydrogen) atoms. The Morgan fingerprint density at radius 3 is 1.15 bits per heavy atom. The zero-order valence-electron chi connectivity index (χ0n) is 45.4. The van der Waals surface area contributed by atoms with Gasteiger partial charge in [0.05, 0.1) is 34.4 Å². The number of phosphoric ester groups is 1. The first kappa shape index (κ1) is 67.1. The number of carbonyl (C=O) groups excluding carboxylic acids is 1. The number of likely N-dealkylation sites (N-methyl/N-ethyl adjacent to an activating group) is 1. The van der Waals surface area contributed by atoms with Crippen molar-refractivity contribution in [2.45, 2.75) is 174 Å². The molecule has 0 aliphatic heterocycles. The third-order valence-electron chi connectivity index (χ3n) is 10.6. The van der Waals surface area contributed by atoms with Crippen molar-refractivity contribution in [2.24, 2.45) is 0 Å². The third kappa shape index (κ3) is 56.9. The van der Waals surface area contributed by atoms with Crippen molar-refractivity contribution in [3.63, 3.8) is 0 Å². The van der Waals surface area contributed by atoms with Gasteiger partial charge in [0.1, 0.15) is 19.3 Å². The molecule has 0 aromatic carbocycles. The normalized spacial score (nSPS) is 14.7. The maximum absolute atomic E-state index is 12.8. The van der Waals surface area contributed by atoms with Crippen LogP contribution in [0, 0.1) is 0 Å². The summed E-state index contributed by atoms with van der Waals surface area (Å²) in [6.45, 7) is 5.25. The fourth-order valence-electron chi connectivity index (χ4n) is 6.48. The molecule has 0 rings (SSSR count). The van der Waals surface area contributed by atoms with Crippen molar-refractivity contribution in [3.8, 4) is 0 Å². The van der Waals surface area contributed by atoms with Crippen LogP contribution in [0.3, 0.4) is 0 Å². The second-order valence-corrected chi connectivity index (χ2v) is 19.9. The number of carbonyl (C=O) groups is 1. The van der Waals surface area contributed by atoms with E-state index in [1.807, 2.05) is 21.1 Å². The van der Waals surface area contributed by atoms with E-state index >= 15 is 0 Å². The lowest BCUT2D eigenvalue weighted by Gasteiger charge is -2.24. The average Bonchev–Trinajstić information content (AvgIpc) is 3.33. The molecular weight excluding hydrogens is 902 g/mol. The van der Waals surface area contributed by atoms with Gasteiger partial charge in [0.25, 0.3) is 0 Å². The summed E-state index contributed by atoms with van der Waals surface area (Å²) in [6, 6.07) is 0. The van der Waals surface area contributed by atoms with E-state index in [0.717, 1.165) is 135 Å². The lowest BCUT2D eigenvalue weighted by molar-refractivity contribution is -0.870. The van der Waals surface area contributed by atoms with E-state index in [2.05, 4.69) is 172 Å². The molecule has 1 N–H and O–H groups in total. The molecule has 400 valence electrons. The Hall–Kier alpha value is -3.88. The molecule has 8 nitrogen and oxygen atoms in total. The summed E-state index contributed by atoms with van der Waals surface area (Å²) in [5.41, 5.74) is 0. The summed E-state index contributed by atoms with van der Waals surface area (Å²) in [4.78, 5) is 23.1. The molecule has 0 spiro atoms. The SMILES string of the molecule is CC/C=C\C/C=C\C/C=C\C/C=C\C/C=C\C/C=C\C/C=C\CCCCCC(=O)OC(COCCCCCCC/C=C\C/C=C\C/C=C\C/C=C\C/C=C\C/C=C\CC)COP(=O)(O)OCC[N+](C)(C)C. The third-order valence-corrected chi connectivity index (χ3v) is 11.6. The second kappa shape index (κ2) is 52.4. The first-order valence-electron chi connectivity index (χ1n) is 27.2. The van der Waals surface area contributed by atoms with Gasteiger partial charge in [0.15, 0.2) is 0 Å². The molecule has 0 aliphatic carbocycles. The van der Waals surface area contributed by atoms with E-state index < -0.39 is 13.9 Å². The van der Waals surface area contributed by atoms with Gasteiger partial charge in [-0.05, 0) is 122 Å². The molecule has 9 heteroatoms. The summed E-state index contributed by atoms with van der Waals surface area (Å²) in [5, 5.41) is 0. The Kier molecular flexibility index (Phi) is 49.6. The number of esters is 1. The Morgan fingerprint density at radius 1 is 0.437 bits per heavy atom. The van der Waals surface area contributed by atoms with E-state index in [9.17, 15) is 14.3 Å². The van der Waals surface area contributed by atoms with Crippen LogP contribution in [0.4, 0.5) is 0 Å². The molecule has 2 unspecified atom stereocenters. The molecule has 0 aliphatic rings. The molecule has 0 saturated heterocycles. The van der Waals surface area contributed by atoms with Gasteiger partial charge in [-0.3, -0.25) is 13.8 Å². The van der Waals surface area contributed by atoms with E-state index in [1.165, 1.54) is 6.42 Å². The highest BCUT2D eigenvalue weighted by molar-refractivity contribution is 7.47. The van der Waals surface area contributed by atoms with Gasteiger partial charge in [0.2, 0.25) is 0 Å². The lowest BCUT2D eigenvalue weighted by atomic mass is 10.1. The van der Waals surface area contributed by atoms with Crippen LogP contribution in [0.25, 0.3) is 0 Å². The molecule has 0 fully saturated rings. The zero-order valence-corrected chi connectivity index (χ0v) is 46.3. The van der Waals surface area contributed by atoms with Gasteiger partial charge in [-0.1, -0.05) is 198 Å². The molecule has 0 aromatic rings. The topological polar surface area (TPSA) is 91.3 Å². The molecule has 0 aromatic heterocycles. The van der Waals surface area contributed by atoms with Crippen LogP contribution in [0.1, 0.15) is 168 Å². The maximum Gasteiger partial charge on any atom is 0.472 e. The van der Waals surface area contributed by atoms with Crippen molar-refractivity contribution < 1.29 is 37.3 Å². The quantitative estimate of drug-likeness (QED) is 0.0213. The van der Waals surface area contributed by atoms with E-state index in [-0.39, 0.29) is 32.2 Å². The van der Waals surface area contributed by atoms with Crippen LogP contribution in [-0.2, 0) is 27.9 Å². The van der Waals surface area contributed by atoms with E-state index in [0.29, 0.717) is 24.1 Å². The largest absolute Gasteiger partial charge is 0.472 e. The predicted octanol–water partition coefficient (Wildman–Crippen LogP) is 17.4. The fraction of sp³-hybridized carbons (Fsp3) is 0.565. The minimum absolute atomic E-state index is 0.0668. The monoisotopic (exact) mass is 1000 g/mol. The van der Waals surface area contributed by atoms with Gasteiger partial charge < -0.3 is 18.9 Å². The Bertz CT molecular complexity index is 1680. The standard InChI is InChI=1S/C62H100NO7P/c1-6-8-10-12-14-16-18-20-22-24-26-28-30-32-33-35-37-39-41-43-45-47-49-51-53-55-62(64)70-61(60-69-71(65,66)68-58-56-63(3,4)5)59-67-57-54-52-50-48-46-44-42-40-38-36-34-31-29-27-25-23-21-19-17-15-13-11-9-7-2/h8-11,14-17,20-23,26-29,32-34,36-37,39-40,42-43,45,61H,6-7,12-13,18-19,24-25,30-31,35,38,41,44,46-60H2,1-5H3/p+1/b10-8-,11-9-,16-14-,17-15-,22-20-,23-21-,28-26-,29-27-,33-32-,36-34-,39-37-,42-40-,45-43-. The molecule has 2 atom stereocenters. The molecule has 0 radical (unpaired) electrons. The van der Waals surface area contributed by atoms with Gasteiger partial charge in [-0.25, -0.2) is 4.57 Å². The Labute approximate surface area is 435 Å². The highest BCUT2D eigenvalue weighted by Gasteiger charge is 2.26. The van der Waals surface area contributed by atoms with Crippen LogP contribution in [0.5, 0.6) is 0 Å². The number of unbranched alkanes of at least 4 members (excludes halogenated alkanes) is 8. The fourth-order valence-corrected chi connectivity index (χ4v) is 7.22. The molecule has 0 heterocycles. The second-order valence-electron chi connectivity index (χ2n) is 18.5. The number of ether oxygens (including phenoxy) is 2. The summed E-state index contributed by atoms with van der Waals surface area (Å²) in [7, 11) is 1.60. The molecule has 0 amide bonds. The van der Waals surface area contributed by atoms with Gasteiger partial charge in [0, 0.05) is 13.0 Å². The van der Waals surface area contributed by atoms with Crippen LogP contribution in [-0.4, -0.2) is 75.6 Å². The van der Waals surface area contributed by atoms with Crippen molar-refractivity contribution in [2.75, 3.05) is 54.1 Å². The number of allylic oxidation sites excluding steroid dienone is 26. The number of nitrogens with zero attached hydrogens (tertiary/aromatic N) is 1. The van der Waals surface area contributed by atoms with E-state index in [1.54, 1.807) is 0 Å². The number of hydrogen-bond donors (Lipinski definition) is 1. The number of rotatable bonds is 48. The maximum atomic E-state index is 12.8. The highest BCUT2D eigenvalue weighted by atomic mass is 31.2. The number of phosphoric acid groups is 1. The molecule has 0 bridgehead atoms. The molecular formula is C62H101NO7P+. The minimum Gasteiger partial charge on any atom is -0.457 e. The number of hydrogen-bond acceptors (Lipinski definition) is 6. The smallest absolute Gasteiger partial charge is 0.457 e. The number of quaternary nitrogens is 1. The van der Waals surface area contributed by atoms with Crippen LogP contribution >= 0.6 is 7.82 Å². The van der Waals surface area contributed by atoms with Crippen molar-refractivity contribution in [1.29, 1.82) is 0 Å². The Balaban J connectivity index is 4.31. The molecule has 0 saturated carbocycles. The highest BCUT2D eigenvalue weighted by Crippen LogP contribution is 2.43. The zero-order chi connectivity index (χ0) is 51.9. The predicted molar refractivity (Wildman–Crippen MR) is 306 cm³/mol. The summed E-state index contributed by atoms with van der Waals surface area (Å²) >= 11 is 0. The van der Waals surface area contributed by atoms with Crippen molar-refractivity contribution in [1.82, 2.24) is 0 Å². The van der Waals surface area contributed by atoms with Crippen molar-refractivity contribution >= 4 is 13.8 Å². The summed E-state index contributed by atoms with van der Waals surface area (Å²) < 4.78 is 35.1. The first-order valence-corrected chi connectivity index (χ1v) is 28.7. The summed E-state index contributed by atoms with van der Waals surface area (Å²) in [5.74, 6) is -0.360. The van der Waals surface area contributed by atoms with Gasteiger partial charge >= 0.3 is 13.8 Å². The summed E-state index contributed by atoms with van der Waals surface area (Å²) in [6.07, 6.45) is 80.1. The van der Waals surface area contributed by atoms with Crippen molar-refractivity contribution in [3.05, 3.63) is 158 Å². The van der Waals surface area contributed by atoms with Crippen LogP contribution in [0.15, 0.2) is 158 Å². The lowest BCUT2D eigenvalue weighted by Crippen LogP contribution is -2.37. The minimum atomic E-state index is -4.31. The van der Waals surface area contributed by atoms with Crippen LogP contribution < -0.4 is 0 Å². The Morgan fingerprint density at radius 2 is 0.775 bits per heavy atom. The van der Waals surface area contributed by atoms with Gasteiger partial charge in [-0.2, -0.15) is 0 Å².